The number of rotatable bonds is 2. The van der Waals surface area contributed by atoms with E-state index in [0.29, 0.717) is 11.2 Å². The summed E-state index contributed by atoms with van der Waals surface area (Å²) in [7, 11) is 10.4. The van der Waals surface area contributed by atoms with Crippen LogP contribution in [0.4, 0.5) is 0 Å². The third kappa shape index (κ3) is 9.22. The van der Waals surface area contributed by atoms with E-state index in [9.17, 15) is 0 Å². The summed E-state index contributed by atoms with van der Waals surface area (Å²) in [5.41, 5.74) is 33.9. The van der Waals surface area contributed by atoms with E-state index in [-0.39, 0.29) is 0 Å². The molecule has 0 N–H and O–H groups in total. The molecule has 5 aliphatic heterocycles. The maximum Gasteiger partial charge on any atom is 0.340 e. The van der Waals surface area contributed by atoms with Crippen LogP contribution in [0.5, 0.6) is 0 Å². The van der Waals surface area contributed by atoms with Gasteiger partial charge in [0.25, 0.3) is 28.6 Å². The Hall–Kier alpha value is -14.2. The fourth-order valence-corrected chi connectivity index (χ4v) is 20.1. The van der Waals surface area contributed by atoms with E-state index in [2.05, 4.69) is 281 Å². The first-order chi connectivity index (χ1) is 56.9. The molecule has 0 unspecified atom stereocenters. The van der Waals surface area contributed by atoms with E-state index in [0.717, 1.165) is 105 Å². The van der Waals surface area contributed by atoms with Crippen molar-refractivity contribution in [3.8, 4) is 68.3 Å². The van der Waals surface area contributed by atoms with Gasteiger partial charge in [0, 0.05) is 42.1 Å². The number of aryl methyl sites for hydroxylation is 6. The second-order valence-electron chi connectivity index (χ2n) is 29.6. The van der Waals surface area contributed by atoms with E-state index in [4.69, 9.17) is 18.5 Å². The molecule has 19 nitrogen and oxygen atoms in total. The Morgan fingerprint density at radius 1 is 0.354 bits per heavy atom. The van der Waals surface area contributed by atoms with Gasteiger partial charge in [-0.3, -0.25) is 14.1 Å². The highest BCUT2D eigenvalue weighted by Crippen LogP contribution is 2.44. The summed E-state index contributed by atoms with van der Waals surface area (Å²) in [6, 6.07) is 84.0. The van der Waals surface area contributed by atoms with Crippen molar-refractivity contribution in [2.75, 3.05) is 0 Å². The van der Waals surface area contributed by atoms with Gasteiger partial charge in [-0.15, -0.1) is 0 Å². The molecule has 20 heteroatoms. The van der Waals surface area contributed by atoms with Gasteiger partial charge in [-0.2, -0.15) is 9.13 Å². The van der Waals surface area contributed by atoms with Crippen LogP contribution in [0.25, 0.3) is 178 Å². The summed E-state index contributed by atoms with van der Waals surface area (Å²) in [4.78, 5) is 24.3. The van der Waals surface area contributed by atoms with E-state index in [1.165, 1.54) is 127 Å². The Morgan fingerprint density at radius 2 is 0.743 bits per heavy atom. The van der Waals surface area contributed by atoms with Gasteiger partial charge in [-0.25, -0.2) is 61.0 Å². The summed E-state index contributed by atoms with van der Waals surface area (Å²) in [5.74, 6) is 6.01. The number of fused-ring (bicyclic) bond motifs is 35. The Balaban J connectivity index is 0.0000000858. The normalized spacial score (nSPS) is 13.4. The Morgan fingerprint density at radius 3 is 1.27 bits per heavy atom. The van der Waals surface area contributed by atoms with Crippen LogP contribution in [0, 0.1) is 0 Å². The van der Waals surface area contributed by atoms with Gasteiger partial charge < -0.3 is 4.42 Å². The highest BCUT2D eigenvalue weighted by Gasteiger charge is 2.42. The summed E-state index contributed by atoms with van der Waals surface area (Å²) in [6.45, 7) is 2.09. The Bertz CT molecular complexity index is 7890. The van der Waals surface area contributed by atoms with E-state index in [1.54, 1.807) is 12.3 Å². The number of imidazole rings is 5. The molecular weight excluding hydrogens is 1420 g/mol. The molecule has 0 saturated carbocycles. The standard InChI is InChI=1S/C22H17N4.C21H14N3S.2C17H15N4.C16H12N3O/c1-24-21-17-11-6-5-8-15(17)14-25(21)20-19-18(12-7-13-23-19)26(22(20)24)16-9-3-2-4-10-16;1-2-8-15(9-3-1)24-20-16-10-5-4-7-14(16)13-23(20)19-18-17(25-21(19)24)11-6-12-22-18;2*1-19-13-8-5-9-18-14(13)15-17(19)20(2)16-12-7-4-3-6-11(12)10-21(15)16;1-18-15-11-6-3-2-5-10(11)9-19(15)14-13-12(20-16(14)18)7-4-8-17-13/h2-13H,14H2,1H3;1-12H,13H2;2*3-9H,10H2,1-2H3;2-8H,9H2,1H3/q5*+1/i;;1D3;;. The van der Waals surface area contributed by atoms with Crippen molar-refractivity contribution in [2.45, 2.75) is 32.7 Å². The first-order valence-electron chi connectivity index (χ1n) is 39.5. The molecule has 20 heterocycles. The van der Waals surface area contributed by atoms with Crippen LogP contribution >= 0.6 is 11.3 Å². The highest BCUT2D eigenvalue weighted by atomic mass is 32.1. The number of benzene rings is 7. The Labute approximate surface area is 654 Å². The van der Waals surface area contributed by atoms with Gasteiger partial charge >= 0.3 is 5.71 Å². The fourth-order valence-electron chi connectivity index (χ4n) is 18.9. The van der Waals surface area contributed by atoms with Crippen molar-refractivity contribution in [1.29, 1.82) is 0 Å². The summed E-state index contributed by atoms with van der Waals surface area (Å²) < 4.78 is 60.0. The topological polar surface area (TPSA) is 136 Å². The number of thiophene rings is 1. The number of aromatic nitrogens is 18. The lowest BCUT2D eigenvalue weighted by molar-refractivity contribution is -0.645. The summed E-state index contributed by atoms with van der Waals surface area (Å²) in [5, 5.41) is 0. The SMILES string of the molecule is C[n+]1c2n(c3c4ncccc4n(-c4ccccc4)c31)Cc1ccccc1-2.C[n+]1c2n(c3c4ncccc4oc31)Cc1ccccc1-2.Cn1c2cccnc2c2c1[n+](C)c1n2Cc2ccccc2-1.[2H]C([2H])([2H])n1c2cccnc2c2c1[n+](C)c1n2Cc2ccccc2-1.c1ccc(-n2c3[n+](c4c5ncccc5sc42)Cc2ccccc2-3)cc1. The maximum absolute atomic E-state index is 8.00. The third-order valence-electron chi connectivity index (χ3n) is 23.6. The minimum Gasteiger partial charge on any atom is -0.417 e. The smallest absolute Gasteiger partial charge is 0.340 e. The van der Waals surface area contributed by atoms with Crippen LogP contribution in [0.3, 0.4) is 0 Å². The molecule has 0 fully saturated rings. The average Bonchev–Trinajstić information content (AvgIpc) is 1.55. The summed E-state index contributed by atoms with van der Waals surface area (Å²) >= 11 is 1.82. The molecule has 0 bridgehead atoms. The molecule has 15 aromatic heterocycles. The van der Waals surface area contributed by atoms with Crippen LogP contribution in [0.2, 0.25) is 0 Å². The predicted octanol–water partition coefficient (Wildman–Crippen LogP) is 15.8. The van der Waals surface area contributed by atoms with Crippen molar-refractivity contribution in [3.63, 3.8) is 0 Å². The molecule has 5 aliphatic rings. The molecule has 22 aromatic rings. The first-order valence-corrected chi connectivity index (χ1v) is 38.8. The van der Waals surface area contributed by atoms with Gasteiger partial charge in [-0.05, 0) is 132 Å². The minimum atomic E-state index is -2.26. The highest BCUT2D eigenvalue weighted by molar-refractivity contribution is 7.25. The zero-order chi connectivity index (χ0) is 77.7. The van der Waals surface area contributed by atoms with Crippen molar-refractivity contribution >= 4 is 121 Å². The number of hydrogen-bond donors (Lipinski definition) is 0. The van der Waals surface area contributed by atoms with Crippen LogP contribution in [0.15, 0.2) is 278 Å². The zero-order valence-corrected chi connectivity index (χ0v) is 63.2. The lowest BCUT2D eigenvalue weighted by Crippen LogP contribution is -2.31. The first kappa shape index (κ1) is 61.6. The molecule has 0 atom stereocenters. The molecule has 27 rings (SSSR count). The number of pyridine rings is 5. The largest absolute Gasteiger partial charge is 0.417 e. The van der Waals surface area contributed by atoms with Crippen molar-refractivity contribution in [1.82, 2.24) is 61.5 Å². The van der Waals surface area contributed by atoms with Crippen LogP contribution in [-0.4, -0.2) is 61.5 Å². The molecule has 0 radical (unpaired) electrons. The number of furan rings is 1. The maximum atomic E-state index is 8.00. The molecule has 0 saturated heterocycles. The molecule has 0 aliphatic carbocycles. The van der Waals surface area contributed by atoms with Gasteiger partial charge in [0.1, 0.15) is 63.1 Å². The fraction of sp³-hybridized carbons (Fsp3) is 0.118. The molecule has 113 heavy (non-hydrogen) atoms. The second kappa shape index (κ2) is 24.6. The van der Waals surface area contributed by atoms with Crippen LogP contribution in [-0.2, 0) is 74.9 Å². The monoisotopic (exact) mass is 1490 g/mol. The second-order valence-corrected chi connectivity index (χ2v) is 30.7. The van der Waals surface area contributed by atoms with Crippen LogP contribution in [0.1, 0.15) is 31.9 Å². The number of nitrogens with zero attached hydrogens (tertiary/aromatic N) is 18. The van der Waals surface area contributed by atoms with Crippen LogP contribution < -0.4 is 22.8 Å². The van der Waals surface area contributed by atoms with E-state index >= 15 is 0 Å². The molecule has 542 valence electrons. The van der Waals surface area contributed by atoms with Crippen molar-refractivity contribution < 1.29 is 31.4 Å². The van der Waals surface area contributed by atoms with Crippen molar-refractivity contribution in [2.24, 2.45) is 42.2 Å². The van der Waals surface area contributed by atoms with Crippen molar-refractivity contribution in [3.05, 3.63) is 301 Å². The lowest BCUT2D eigenvalue weighted by atomic mass is 10.1. The molecule has 0 amide bonds. The lowest BCUT2D eigenvalue weighted by Gasteiger charge is -2.03. The predicted molar refractivity (Wildman–Crippen MR) is 443 cm³/mol. The number of hydrogen-bond acceptors (Lipinski definition) is 7. The quantitative estimate of drug-likeness (QED) is 0.158. The van der Waals surface area contributed by atoms with Gasteiger partial charge in [0.15, 0.2) is 11.1 Å². The van der Waals surface area contributed by atoms with Gasteiger partial charge in [0.05, 0.1) is 98.5 Å². The molecule has 0 spiro atoms. The molecule has 7 aromatic carbocycles. The molecular formula is C93H73N18OS+5. The van der Waals surface area contributed by atoms with E-state index < -0.39 is 6.98 Å². The average molecular weight is 1490 g/mol. The number of para-hydroxylation sites is 2. The zero-order valence-electron chi connectivity index (χ0n) is 65.4. The minimum absolute atomic E-state index is 0.643. The summed E-state index contributed by atoms with van der Waals surface area (Å²) in [6.07, 6.45) is 9.19. The third-order valence-corrected chi connectivity index (χ3v) is 24.7. The van der Waals surface area contributed by atoms with E-state index in [1.807, 2.05) is 96.3 Å². The van der Waals surface area contributed by atoms with Gasteiger partial charge in [0.2, 0.25) is 49.9 Å². The Kier molecular flexibility index (Phi) is 13.4. The van der Waals surface area contributed by atoms with Gasteiger partial charge in [-0.1, -0.05) is 139 Å².